The van der Waals surface area contributed by atoms with Gasteiger partial charge in [-0.2, -0.15) is 5.10 Å². The molecule has 5 heteroatoms. The van der Waals surface area contributed by atoms with E-state index in [9.17, 15) is 9.90 Å². The Bertz CT molecular complexity index is 538. The molecule has 2 atom stereocenters. The third kappa shape index (κ3) is 2.37. The zero-order valence-corrected chi connectivity index (χ0v) is 13.8. The molecule has 2 unspecified atom stereocenters. The van der Waals surface area contributed by atoms with Crippen LogP contribution >= 0.6 is 0 Å². The number of rotatable bonds is 5. The molecule has 0 spiro atoms. The maximum Gasteiger partial charge on any atom is 0.324 e. The Hall–Kier alpha value is -1.36. The molecule has 0 aliphatic carbocycles. The molecular weight excluding hydrogens is 266 g/mol. The summed E-state index contributed by atoms with van der Waals surface area (Å²) >= 11 is 0. The van der Waals surface area contributed by atoms with Crippen molar-refractivity contribution < 1.29 is 9.90 Å². The Morgan fingerprint density at radius 1 is 1.43 bits per heavy atom. The van der Waals surface area contributed by atoms with Gasteiger partial charge in [0.25, 0.3) is 0 Å². The Labute approximate surface area is 126 Å². The molecule has 1 aliphatic rings. The van der Waals surface area contributed by atoms with Crippen molar-refractivity contribution in [3.8, 4) is 0 Å². The highest BCUT2D eigenvalue weighted by atomic mass is 16.4. The van der Waals surface area contributed by atoms with E-state index in [-0.39, 0.29) is 6.04 Å². The summed E-state index contributed by atoms with van der Waals surface area (Å²) in [4.78, 5) is 14.0. The molecule has 1 aromatic rings. The van der Waals surface area contributed by atoms with Crippen LogP contribution in [0.2, 0.25) is 0 Å². The standard InChI is InChI=1S/C16H27N3O2/c1-6-16(15(20)21)9-8-10-18(16)12(4)14-11(3)17-19(7-2)13(14)5/h12H,6-10H2,1-5H3,(H,20,21). The van der Waals surface area contributed by atoms with Crippen LogP contribution in [0.15, 0.2) is 0 Å². The van der Waals surface area contributed by atoms with Crippen molar-refractivity contribution in [2.75, 3.05) is 6.54 Å². The average Bonchev–Trinajstić information content (AvgIpc) is 3.00. The third-order valence-electron chi connectivity index (χ3n) is 5.14. The molecule has 1 fully saturated rings. The molecule has 2 heterocycles. The summed E-state index contributed by atoms with van der Waals surface area (Å²) in [5, 5.41) is 14.3. The van der Waals surface area contributed by atoms with Crippen molar-refractivity contribution in [1.82, 2.24) is 14.7 Å². The number of nitrogens with zero attached hydrogens (tertiary/aromatic N) is 3. The smallest absolute Gasteiger partial charge is 0.324 e. The van der Waals surface area contributed by atoms with Crippen LogP contribution < -0.4 is 0 Å². The first-order valence-electron chi connectivity index (χ1n) is 7.93. The molecule has 2 rings (SSSR count). The Kier molecular flexibility index (Phi) is 4.42. The zero-order chi connectivity index (χ0) is 15.8. The van der Waals surface area contributed by atoms with Crippen molar-refractivity contribution in [3.63, 3.8) is 0 Å². The van der Waals surface area contributed by atoms with Gasteiger partial charge in [-0.3, -0.25) is 14.4 Å². The molecule has 1 aromatic heterocycles. The quantitative estimate of drug-likeness (QED) is 0.907. The number of aliphatic carboxylic acids is 1. The van der Waals surface area contributed by atoms with Gasteiger partial charge in [-0.1, -0.05) is 6.92 Å². The lowest BCUT2D eigenvalue weighted by Crippen LogP contribution is -2.51. The maximum atomic E-state index is 11.9. The van der Waals surface area contributed by atoms with Crippen molar-refractivity contribution in [2.45, 2.75) is 72.0 Å². The maximum absolute atomic E-state index is 11.9. The van der Waals surface area contributed by atoms with Crippen LogP contribution in [0.3, 0.4) is 0 Å². The normalized spacial score (nSPS) is 24.4. The van der Waals surface area contributed by atoms with E-state index in [1.54, 1.807) is 0 Å². The van der Waals surface area contributed by atoms with Crippen LogP contribution in [-0.2, 0) is 11.3 Å². The molecule has 1 aliphatic heterocycles. The summed E-state index contributed by atoms with van der Waals surface area (Å²) in [6.07, 6.45) is 2.33. The van der Waals surface area contributed by atoms with Crippen LogP contribution in [0.1, 0.15) is 63.0 Å². The number of carboxylic acids is 1. The van der Waals surface area contributed by atoms with Gasteiger partial charge in [-0.15, -0.1) is 0 Å². The second-order valence-corrected chi connectivity index (χ2v) is 6.06. The summed E-state index contributed by atoms with van der Waals surface area (Å²) in [6.45, 7) is 12.0. The first kappa shape index (κ1) is 16.0. The highest BCUT2D eigenvalue weighted by Gasteiger charge is 2.48. The first-order valence-corrected chi connectivity index (χ1v) is 7.93. The molecule has 5 nitrogen and oxygen atoms in total. The summed E-state index contributed by atoms with van der Waals surface area (Å²) < 4.78 is 2.01. The second kappa shape index (κ2) is 5.79. The minimum absolute atomic E-state index is 0.0869. The van der Waals surface area contributed by atoms with E-state index < -0.39 is 11.5 Å². The predicted molar refractivity (Wildman–Crippen MR) is 82.4 cm³/mol. The summed E-state index contributed by atoms with van der Waals surface area (Å²) in [7, 11) is 0. The average molecular weight is 293 g/mol. The van der Waals surface area contributed by atoms with Crippen molar-refractivity contribution in [1.29, 1.82) is 0 Å². The van der Waals surface area contributed by atoms with Gasteiger partial charge in [0.1, 0.15) is 5.54 Å². The molecule has 1 N–H and O–H groups in total. The summed E-state index contributed by atoms with van der Waals surface area (Å²) in [5.74, 6) is -0.687. The number of hydrogen-bond donors (Lipinski definition) is 1. The van der Waals surface area contributed by atoms with E-state index in [4.69, 9.17) is 0 Å². The molecule has 0 aromatic carbocycles. The largest absolute Gasteiger partial charge is 0.480 e. The topological polar surface area (TPSA) is 58.4 Å². The van der Waals surface area contributed by atoms with Crippen LogP contribution in [0.5, 0.6) is 0 Å². The third-order valence-corrected chi connectivity index (χ3v) is 5.14. The van der Waals surface area contributed by atoms with E-state index in [0.29, 0.717) is 6.42 Å². The number of carboxylic acid groups (broad SMARTS) is 1. The van der Waals surface area contributed by atoms with E-state index >= 15 is 0 Å². The van der Waals surface area contributed by atoms with E-state index in [1.165, 1.54) is 5.56 Å². The van der Waals surface area contributed by atoms with Gasteiger partial charge in [0.05, 0.1) is 5.69 Å². The molecule has 0 saturated carbocycles. The lowest BCUT2D eigenvalue weighted by Gasteiger charge is -2.38. The van der Waals surface area contributed by atoms with Crippen LogP contribution in [-0.4, -0.2) is 37.8 Å². The fourth-order valence-electron chi connectivity index (χ4n) is 4.00. The molecule has 118 valence electrons. The summed E-state index contributed by atoms with van der Waals surface area (Å²) in [5.41, 5.74) is 2.65. The van der Waals surface area contributed by atoms with Gasteiger partial charge < -0.3 is 5.11 Å². The van der Waals surface area contributed by atoms with E-state index in [1.807, 2.05) is 18.5 Å². The number of hydrogen-bond acceptors (Lipinski definition) is 3. The lowest BCUT2D eigenvalue weighted by atomic mass is 9.90. The van der Waals surface area contributed by atoms with Gasteiger partial charge >= 0.3 is 5.97 Å². The highest BCUT2D eigenvalue weighted by molar-refractivity contribution is 5.79. The minimum atomic E-state index is -0.716. The molecule has 0 amide bonds. The highest BCUT2D eigenvalue weighted by Crippen LogP contribution is 2.40. The predicted octanol–water partition coefficient (Wildman–Crippen LogP) is 2.91. The SMILES string of the molecule is CCn1nc(C)c(C(C)N2CCCC2(CC)C(=O)O)c1C. The van der Waals surface area contributed by atoms with Crippen molar-refractivity contribution in [3.05, 3.63) is 17.0 Å². The van der Waals surface area contributed by atoms with Gasteiger partial charge in [-0.25, -0.2) is 0 Å². The molecule has 0 bridgehead atoms. The van der Waals surface area contributed by atoms with E-state index in [2.05, 4.69) is 30.8 Å². The lowest BCUT2D eigenvalue weighted by molar-refractivity contribution is -0.151. The molecular formula is C16H27N3O2. The Morgan fingerprint density at radius 3 is 2.57 bits per heavy atom. The molecule has 1 saturated heterocycles. The fraction of sp³-hybridized carbons (Fsp3) is 0.750. The number of aryl methyl sites for hydroxylation is 2. The Morgan fingerprint density at radius 2 is 2.10 bits per heavy atom. The number of carbonyl (C=O) groups is 1. The first-order chi connectivity index (χ1) is 9.89. The molecule has 0 radical (unpaired) electrons. The van der Waals surface area contributed by atoms with Crippen LogP contribution in [0, 0.1) is 13.8 Å². The molecule has 21 heavy (non-hydrogen) atoms. The number of aromatic nitrogens is 2. The van der Waals surface area contributed by atoms with Crippen LogP contribution in [0.25, 0.3) is 0 Å². The van der Waals surface area contributed by atoms with E-state index in [0.717, 1.165) is 37.3 Å². The summed E-state index contributed by atoms with van der Waals surface area (Å²) in [6, 6.07) is 0.0869. The fourth-order valence-corrected chi connectivity index (χ4v) is 4.00. The van der Waals surface area contributed by atoms with Gasteiger partial charge in [-0.05, 0) is 53.5 Å². The van der Waals surface area contributed by atoms with Crippen LogP contribution in [0.4, 0.5) is 0 Å². The van der Waals surface area contributed by atoms with Crippen molar-refractivity contribution in [2.24, 2.45) is 0 Å². The van der Waals surface area contributed by atoms with Gasteiger partial charge in [0, 0.05) is 23.8 Å². The monoisotopic (exact) mass is 293 g/mol. The van der Waals surface area contributed by atoms with Gasteiger partial charge in [0.2, 0.25) is 0 Å². The van der Waals surface area contributed by atoms with Gasteiger partial charge in [0.15, 0.2) is 0 Å². The number of likely N-dealkylation sites (tertiary alicyclic amines) is 1. The minimum Gasteiger partial charge on any atom is -0.480 e. The Balaban J connectivity index is 2.42. The zero-order valence-electron chi connectivity index (χ0n) is 13.8. The van der Waals surface area contributed by atoms with Crippen molar-refractivity contribution >= 4 is 5.97 Å². The second-order valence-electron chi connectivity index (χ2n) is 6.06.